The maximum absolute atomic E-state index is 13.1. The van der Waals surface area contributed by atoms with Crippen molar-refractivity contribution in [2.45, 2.75) is 20.3 Å². The van der Waals surface area contributed by atoms with Crippen LogP contribution < -0.4 is 14.8 Å². The van der Waals surface area contributed by atoms with Gasteiger partial charge in [0, 0.05) is 5.69 Å². The van der Waals surface area contributed by atoms with E-state index in [2.05, 4.69) is 26.0 Å². The van der Waals surface area contributed by atoms with Crippen LogP contribution in [0.5, 0.6) is 5.75 Å². The van der Waals surface area contributed by atoms with Gasteiger partial charge in [-0.25, -0.2) is 12.8 Å². The van der Waals surface area contributed by atoms with Crippen LogP contribution in [0.15, 0.2) is 40.9 Å². The molecule has 0 saturated heterocycles. The summed E-state index contributed by atoms with van der Waals surface area (Å²) in [5.41, 5.74) is 1.47. The predicted molar refractivity (Wildman–Crippen MR) is 107 cm³/mol. The van der Waals surface area contributed by atoms with Crippen LogP contribution in [-0.2, 0) is 14.8 Å². The number of anilines is 2. The lowest BCUT2D eigenvalue weighted by Crippen LogP contribution is -2.21. The molecular weight excluding hydrogens is 439 g/mol. The molecule has 0 spiro atoms. The van der Waals surface area contributed by atoms with Crippen molar-refractivity contribution in [2.24, 2.45) is 0 Å². The van der Waals surface area contributed by atoms with Crippen molar-refractivity contribution in [1.82, 2.24) is 0 Å². The molecule has 27 heavy (non-hydrogen) atoms. The van der Waals surface area contributed by atoms with Crippen molar-refractivity contribution in [3.63, 3.8) is 0 Å². The van der Waals surface area contributed by atoms with Gasteiger partial charge in [-0.1, -0.05) is 13.0 Å². The van der Waals surface area contributed by atoms with Gasteiger partial charge in [0.15, 0.2) is 6.61 Å². The number of nitrogens with one attached hydrogen (secondary N) is 2. The number of halogens is 2. The number of hydrogen-bond acceptors (Lipinski definition) is 4. The summed E-state index contributed by atoms with van der Waals surface area (Å²) in [6.45, 7) is 3.20. The average molecular weight is 459 g/mol. The van der Waals surface area contributed by atoms with E-state index >= 15 is 0 Å². The molecule has 2 rings (SSSR count). The molecule has 0 heterocycles. The van der Waals surface area contributed by atoms with Crippen LogP contribution >= 0.6 is 15.9 Å². The minimum absolute atomic E-state index is 0.0173. The first-order valence-corrected chi connectivity index (χ1v) is 10.6. The van der Waals surface area contributed by atoms with E-state index in [0.29, 0.717) is 33.6 Å². The molecule has 0 unspecified atom stereocenters. The molecule has 0 aliphatic heterocycles. The second-order valence-electron chi connectivity index (χ2n) is 5.81. The Hall–Kier alpha value is -2.13. The number of ether oxygens (including phenoxy) is 1. The Morgan fingerprint density at radius 2 is 1.93 bits per heavy atom. The second-order valence-corrected chi connectivity index (χ2v) is 8.51. The summed E-state index contributed by atoms with van der Waals surface area (Å²) in [5.74, 6) is -0.493. The summed E-state index contributed by atoms with van der Waals surface area (Å²) < 4.78 is 45.3. The van der Waals surface area contributed by atoms with Crippen molar-refractivity contribution >= 4 is 43.2 Å². The Morgan fingerprint density at radius 1 is 1.22 bits per heavy atom. The van der Waals surface area contributed by atoms with E-state index in [1.54, 1.807) is 32.0 Å². The zero-order chi connectivity index (χ0) is 20.0. The first-order valence-electron chi connectivity index (χ1n) is 8.19. The highest BCUT2D eigenvalue weighted by atomic mass is 79.9. The van der Waals surface area contributed by atoms with E-state index in [1.165, 1.54) is 18.2 Å². The van der Waals surface area contributed by atoms with E-state index in [-0.39, 0.29) is 12.4 Å². The van der Waals surface area contributed by atoms with Crippen molar-refractivity contribution in [3.8, 4) is 5.75 Å². The van der Waals surface area contributed by atoms with Gasteiger partial charge >= 0.3 is 0 Å². The van der Waals surface area contributed by atoms with Crippen molar-refractivity contribution in [3.05, 3.63) is 52.3 Å². The van der Waals surface area contributed by atoms with Gasteiger partial charge in [0.05, 0.1) is 15.9 Å². The fraction of sp³-hybridized carbons (Fsp3) is 0.278. The maximum Gasteiger partial charge on any atom is 0.262 e. The molecule has 9 heteroatoms. The Bertz CT molecular complexity index is 935. The van der Waals surface area contributed by atoms with Crippen LogP contribution in [-0.4, -0.2) is 26.7 Å². The fourth-order valence-electron chi connectivity index (χ4n) is 2.29. The van der Waals surface area contributed by atoms with Crippen molar-refractivity contribution < 1.29 is 22.3 Å². The van der Waals surface area contributed by atoms with E-state index < -0.39 is 21.7 Å². The number of carbonyl (C=O) groups is 1. The number of sulfonamides is 1. The molecule has 0 atom stereocenters. The lowest BCUT2D eigenvalue weighted by Gasteiger charge is -2.14. The average Bonchev–Trinajstić information content (AvgIpc) is 2.57. The SMILES string of the molecule is CCCS(=O)(=O)Nc1cccc(NC(=O)COc2ccc(F)cc2Br)c1C. The number of amides is 1. The highest BCUT2D eigenvalue weighted by Gasteiger charge is 2.14. The summed E-state index contributed by atoms with van der Waals surface area (Å²) in [7, 11) is -3.43. The minimum Gasteiger partial charge on any atom is -0.483 e. The van der Waals surface area contributed by atoms with Crippen LogP contribution in [0.25, 0.3) is 0 Å². The van der Waals surface area contributed by atoms with Gasteiger partial charge in [0.25, 0.3) is 5.91 Å². The monoisotopic (exact) mass is 458 g/mol. The highest BCUT2D eigenvalue weighted by Crippen LogP contribution is 2.26. The van der Waals surface area contributed by atoms with Gasteiger partial charge < -0.3 is 10.1 Å². The number of rotatable bonds is 8. The molecule has 146 valence electrons. The Balaban J connectivity index is 2.04. The van der Waals surface area contributed by atoms with E-state index in [1.807, 2.05) is 0 Å². The van der Waals surface area contributed by atoms with Crippen LogP contribution in [0.4, 0.5) is 15.8 Å². The first kappa shape index (κ1) is 21.2. The third kappa shape index (κ3) is 6.21. The van der Waals surface area contributed by atoms with Gasteiger partial charge in [0.1, 0.15) is 11.6 Å². The molecule has 0 aliphatic rings. The third-order valence-electron chi connectivity index (χ3n) is 3.60. The lowest BCUT2D eigenvalue weighted by molar-refractivity contribution is -0.118. The molecule has 0 saturated carbocycles. The largest absolute Gasteiger partial charge is 0.483 e. The van der Waals surface area contributed by atoms with Gasteiger partial charge in [-0.05, 0) is 65.2 Å². The molecule has 6 nitrogen and oxygen atoms in total. The molecule has 0 bridgehead atoms. The predicted octanol–water partition coefficient (Wildman–Crippen LogP) is 4.07. The number of carbonyl (C=O) groups excluding carboxylic acids is 1. The topological polar surface area (TPSA) is 84.5 Å². The van der Waals surface area contributed by atoms with Crippen LogP contribution in [0.1, 0.15) is 18.9 Å². The molecule has 2 aromatic rings. The highest BCUT2D eigenvalue weighted by molar-refractivity contribution is 9.10. The standard InChI is InChI=1S/C18H20BrFN2O4S/c1-3-9-27(24,25)22-16-6-4-5-15(12(16)2)21-18(23)11-26-17-8-7-13(20)10-14(17)19/h4-8,10,22H,3,9,11H2,1-2H3,(H,21,23). The zero-order valence-corrected chi connectivity index (χ0v) is 17.3. The van der Waals surface area contributed by atoms with Crippen LogP contribution in [0.2, 0.25) is 0 Å². The second kappa shape index (κ2) is 9.18. The number of hydrogen-bond donors (Lipinski definition) is 2. The molecule has 2 N–H and O–H groups in total. The number of benzene rings is 2. The molecule has 0 radical (unpaired) electrons. The normalized spacial score (nSPS) is 11.1. The lowest BCUT2D eigenvalue weighted by atomic mass is 10.1. The fourth-order valence-corrected chi connectivity index (χ4v) is 3.95. The molecule has 0 fully saturated rings. The molecule has 0 aromatic heterocycles. The van der Waals surface area contributed by atoms with Gasteiger partial charge in [-0.3, -0.25) is 9.52 Å². The molecule has 2 aromatic carbocycles. The third-order valence-corrected chi connectivity index (χ3v) is 5.70. The maximum atomic E-state index is 13.1. The Labute approximate surface area is 166 Å². The molecule has 1 amide bonds. The molecule has 0 aliphatic carbocycles. The Kier molecular flexibility index (Phi) is 7.20. The summed E-state index contributed by atoms with van der Waals surface area (Å²) in [6.07, 6.45) is 0.501. The summed E-state index contributed by atoms with van der Waals surface area (Å²) >= 11 is 3.16. The van der Waals surface area contributed by atoms with E-state index in [0.717, 1.165) is 0 Å². The smallest absolute Gasteiger partial charge is 0.262 e. The van der Waals surface area contributed by atoms with Crippen molar-refractivity contribution in [2.75, 3.05) is 22.4 Å². The minimum atomic E-state index is -3.43. The van der Waals surface area contributed by atoms with E-state index in [4.69, 9.17) is 4.74 Å². The first-order chi connectivity index (χ1) is 12.7. The van der Waals surface area contributed by atoms with Gasteiger partial charge in [-0.15, -0.1) is 0 Å². The summed E-state index contributed by atoms with van der Waals surface area (Å²) in [5, 5.41) is 2.68. The quantitative estimate of drug-likeness (QED) is 0.624. The van der Waals surface area contributed by atoms with E-state index in [9.17, 15) is 17.6 Å². The zero-order valence-electron chi connectivity index (χ0n) is 14.9. The molecular formula is C18H20BrFN2O4S. The van der Waals surface area contributed by atoms with Crippen LogP contribution in [0, 0.1) is 12.7 Å². The summed E-state index contributed by atoms with van der Waals surface area (Å²) in [4.78, 5) is 12.2. The Morgan fingerprint density at radius 3 is 2.59 bits per heavy atom. The van der Waals surface area contributed by atoms with Gasteiger partial charge in [-0.2, -0.15) is 0 Å². The van der Waals surface area contributed by atoms with Crippen molar-refractivity contribution in [1.29, 1.82) is 0 Å². The van der Waals surface area contributed by atoms with Crippen LogP contribution in [0.3, 0.4) is 0 Å². The van der Waals surface area contributed by atoms with Gasteiger partial charge in [0.2, 0.25) is 10.0 Å². The summed E-state index contributed by atoms with van der Waals surface area (Å²) in [6, 6.07) is 8.82.